The van der Waals surface area contributed by atoms with Crippen molar-refractivity contribution in [1.82, 2.24) is 9.80 Å². The Kier molecular flexibility index (Phi) is 4.76. The number of amides is 2. The second-order valence-electron chi connectivity index (χ2n) is 7.08. The molecule has 3 atom stereocenters. The molecule has 2 aliphatic rings. The minimum Gasteiger partial charge on any atom is -0.339 e. The summed E-state index contributed by atoms with van der Waals surface area (Å²) in [4.78, 5) is 30.4. The Morgan fingerprint density at radius 2 is 2.13 bits per heavy atom. The molecule has 2 fully saturated rings. The molecule has 0 bridgehead atoms. The van der Waals surface area contributed by atoms with Crippen molar-refractivity contribution < 1.29 is 9.59 Å². The van der Waals surface area contributed by atoms with Gasteiger partial charge in [-0.05, 0) is 55.5 Å². The van der Waals surface area contributed by atoms with E-state index >= 15 is 0 Å². The molecule has 126 valence electrons. The maximum Gasteiger partial charge on any atom is 0.245 e. The molecule has 4 nitrogen and oxygen atoms in total. The summed E-state index contributed by atoms with van der Waals surface area (Å²) in [5.41, 5.74) is 1.23. The molecule has 1 saturated carbocycles. The zero-order chi connectivity index (χ0) is 16.6. The number of aryl methyl sites for hydroxylation is 1. The molecule has 5 heteroatoms. The normalized spacial score (nSPS) is 26.9. The summed E-state index contributed by atoms with van der Waals surface area (Å²) >= 11 is 1.69. The van der Waals surface area contributed by atoms with Gasteiger partial charge < -0.3 is 9.80 Å². The Morgan fingerprint density at radius 1 is 1.39 bits per heavy atom. The number of carbonyl (C=O) groups is 2. The summed E-state index contributed by atoms with van der Waals surface area (Å²) in [6.45, 7) is 5.58. The van der Waals surface area contributed by atoms with Crippen LogP contribution in [0.15, 0.2) is 11.4 Å². The fourth-order valence-electron chi connectivity index (χ4n) is 3.45. The number of thiophene rings is 1. The quantitative estimate of drug-likeness (QED) is 0.849. The molecule has 1 aromatic rings. The smallest absolute Gasteiger partial charge is 0.245 e. The van der Waals surface area contributed by atoms with Gasteiger partial charge in [0.1, 0.15) is 6.04 Å². The van der Waals surface area contributed by atoms with Crippen molar-refractivity contribution in [3.8, 4) is 0 Å². The zero-order valence-electron chi connectivity index (χ0n) is 14.2. The highest BCUT2D eigenvalue weighted by atomic mass is 32.1. The third-order valence-electron chi connectivity index (χ3n) is 5.22. The van der Waals surface area contributed by atoms with Gasteiger partial charge in [0.05, 0.1) is 6.54 Å². The molecule has 23 heavy (non-hydrogen) atoms. The van der Waals surface area contributed by atoms with E-state index < -0.39 is 0 Å². The van der Waals surface area contributed by atoms with Gasteiger partial charge in [0, 0.05) is 24.4 Å². The Labute approximate surface area is 142 Å². The van der Waals surface area contributed by atoms with E-state index in [1.807, 2.05) is 11.9 Å². The average Bonchev–Trinajstić information content (AvgIpc) is 3.15. The highest BCUT2D eigenvalue weighted by Crippen LogP contribution is 2.40. The van der Waals surface area contributed by atoms with Crippen molar-refractivity contribution in [3.63, 3.8) is 0 Å². The first kappa shape index (κ1) is 16.5. The number of hydrogen-bond donors (Lipinski definition) is 0. The van der Waals surface area contributed by atoms with Crippen LogP contribution in [-0.4, -0.2) is 41.2 Å². The van der Waals surface area contributed by atoms with E-state index in [2.05, 4.69) is 25.3 Å². The van der Waals surface area contributed by atoms with E-state index in [0.717, 1.165) is 32.2 Å². The lowest BCUT2D eigenvalue weighted by molar-refractivity contribution is -0.148. The van der Waals surface area contributed by atoms with Gasteiger partial charge in [-0.3, -0.25) is 9.59 Å². The minimum absolute atomic E-state index is 0.0964. The average molecular weight is 334 g/mol. The maximum absolute atomic E-state index is 12.9. The summed E-state index contributed by atoms with van der Waals surface area (Å²) < 4.78 is 0. The SMILES string of the molecule is Cc1ccsc1CN(C)C(=O)[C@@H]1CCCCN1C(=O)[C@H]1C[C@H]1C. The lowest BCUT2D eigenvalue weighted by Gasteiger charge is -2.37. The van der Waals surface area contributed by atoms with Crippen LogP contribution < -0.4 is 0 Å². The van der Waals surface area contributed by atoms with E-state index in [4.69, 9.17) is 0 Å². The Hall–Kier alpha value is -1.36. The van der Waals surface area contributed by atoms with E-state index in [0.29, 0.717) is 12.5 Å². The number of hydrogen-bond acceptors (Lipinski definition) is 3. The van der Waals surface area contributed by atoms with Crippen LogP contribution >= 0.6 is 11.3 Å². The molecule has 1 aromatic heterocycles. The van der Waals surface area contributed by atoms with Crippen molar-refractivity contribution in [2.45, 2.75) is 52.1 Å². The topological polar surface area (TPSA) is 40.6 Å². The van der Waals surface area contributed by atoms with Crippen molar-refractivity contribution in [2.75, 3.05) is 13.6 Å². The molecule has 0 unspecified atom stereocenters. The number of likely N-dealkylation sites (N-methyl/N-ethyl adjacent to an activating group) is 1. The summed E-state index contributed by atoms with van der Waals surface area (Å²) in [6.07, 6.45) is 3.84. The van der Waals surface area contributed by atoms with E-state index in [1.54, 1.807) is 16.2 Å². The first-order valence-corrected chi connectivity index (χ1v) is 9.45. The van der Waals surface area contributed by atoms with Crippen molar-refractivity contribution >= 4 is 23.2 Å². The molecule has 0 aromatic carbocycles. The van der Waals surface area contributed by atoms with Crippen LogP contribution in [0.1, 0.15) is 43.0 Å². The molecule has 0 N–H and O–H groups in total. The molecule has 1 aliphatic carbocycles. The Bertz CT molecular complexity index is 598. The van der Waals surface area contributed by atoms with Crippen LogP contribution in [-0.2, 0) is 16.1 Å². The molecule has 2 amide bonds. The van der Waals surface area contributed by atoms with Gasteiger partial charge in [-0.25, -0.2) is 0 Å². The Morgan fingerprint density at radius 3 is 2.74 bits per heavy atom. The van der Waals surface area contributed by atoms with Gasteiger partial charge >= 0.3 is 0 Å². The van der Waals surface area contributed by atoms with Crippen molar-refractivity contribution in [2.24, 2.45) is 11.8 Å². The summed E-state index contributed by atoms with van der Waals surface area (Å²) in [5, 5.41) is 2.06. The second-order valence-corrected chi connectivity index (χ2v) is 8.08. The van der Waals surface area contributed by atoms with Crippen molar-refractivity contribution in [3.05, 3.63) is 21.9 Å². The summed E-state index contributed by atoms with van der Waals surface area (Å²) in [5.74, 6) is 0.954. The largest absolute Gasteiger partial charge is 0.339 e. The van der Waals surface area contributed by atoms with E-state index in [-0.39, 0.29) is 23.8 Å². The lowest BCUT2D eigenvalue weighted by Crippen LogP contribution is -2.52. The third-order valence-corrected chi connectivity index (χ3v) is 6.23. The van der Waals surface area contributed by atoms with Crippen LogP contribution in [0.3, 0.4) is 0 Å². The lowest BCUT2D eigenvalue weighted by atomic mass is 10.00. The molecule has 2 heterocycles. The summed E-state index contributed by atoms with van der Waals surface area (Å²) in [7, 11) is 1.86. The van der Waals surface area contributed by atoms with Crippen LogP contribution in [0.25, 0.3) is 0 Å². The van der Waals surface area contributed by atoms with Crippen molar-refractivity contribution in [1.29, 1.82) is 0 Å². The van der Waals surface area contributed by atoms with Gasteiger partial charge in [0.25, 0.3) is 0 Å². The van der Waals surface area contributed by atoms with Crippen LogP contribution in [0.2, 0.25) is 0 Å². The van der Waals surface area contributed by atoms with Crippen LogP contribution in [0.5, 0.6) is 0 Å². The molecule has 0 spiro atoms. The molecular formula is C18H26N2O2S. The third kappa shape index (κ3) is 3.44. The number of nitrogens with zero attached hydrogens (tertiary/aromatic N) is 2. The zero-order valence-corrected chi connectivity index (χ0v) is 15.1. The van der Waals surface area contributed by atoms with Crippen LogP contribution in [0.4, 0.5) is 0 Å². The predicted molar refractivity (Wildman–Crippen MR) is 92.2 cm³/mol. The van der Waals surface area contributed by atoms with E-state index in [1.165, 1.54) is 10.4 Å². The van der Waals surface area contributed by atoms with Gasteiger partial charge in [0.15, 0.2) is 0 Å². The van der Waals surface area contributed by atoms with Gasteiger partial charge in [-0.2, -0.15) is 0 Å². The van der Waals surface area contributed by atoms with Gasteiger partial charge in [0.2, 0.25) is 11.8 Å². The molecule has 0 radical (unpaired) electrons. The molecule has 3 rings (SSSR count). The fraction of sp³-hybridized carbons (Fsp3) is 0.667. The highest BCUT2D eigenvalue weighted by Gasteiger charge is 2.45. The fourth-order valence-corrected chi connectivity index (χ4v) is 4.40. The molecule has 1 saturated heterocycles. The summed E-state index contributed by atoms with van der Waals surface area (Å²) in [6, 6.07) is 1.83. The number of carbonyl (C=O) groups excluding carboxylic acids is 2. The Balaban J connectivity index is 1.68. The first-order valence-electron chi connectivity index (χ1n) is 8.57. The number of piperidine rings is 1. The standard InChI is InChI=1S/C18H26N2O2S/c1-12-7-9-23-16(12)11-19(3)18(22)15-6-4-5-8-20(15)17(21)14-10-13(14)2/h7,9,13-15H,4-6,8,10-11H2,1-3H3/t13-,14+,15+/m1/s1. The predicted octanol–water partition coefficient (Wildman–Crippen LogP) is 3.05. The monoisotopic (exact) mass is 334 g/mol. The molecular weight excluding hydrogens is 308 g/mol. The van der Waals surface area contributed by atoms with Gasteiger partial charge in [-0.15, -0.1) is 11.3 Å². The first-order chi connectivity index (χ1) is 11.0. The maximum atomic E-state index is 12.9. The van der Waals surface area contributed by atoms with Gasteiger partial charge in [-0.1, -0.05) is 6.92 Å². The highest BCUT2D eigenvalue weighted by molar-refractivity contribution is 7.10. The number of likely N-dealkylation sites (tertiary alicyclic amines) is 1. The van der Waals surface area contributed by atoms with E-state index in [9.17, 15) is 9.59 Å². The minimum atomic E-state index is -0.255. The molecule has 1 aliphatic heterocycles. The second kappa shape index (κ2) is 6.63. The number of rotatable bonds is 4. The van der Waals surface area contributed by atoms with Crippen LogP contribution in [0, 0.1) is 18.8 Å².